The maximum atomic E-state index is 13.8. The first-order valence-corrected chi connectivity index (χ1v) is 11.2. The van der Waals surface area contributed by atoms with Crippen LogP contribution >= 0.6 is 27.5 Å². The van der Waals surface area contributed by atoms with Crippen LogP contribution in [0.2, 0.25) is 5.02 Å². The molecule has 0 aromatic heterocycles. The molecular weight excluding hydrogens is 472 g/mol. The van der Waals surface area contributed by atoms with Crippen molar-refractivity contribution in [3.05, 3.63) is 110 Å². The highest BCUT2D eigenvalue weighted by Crippen LogP contribution is 2.47. The van der Waals surface area contributed by atoms with Crippen molar-refractivity contribution in [3.8, 4) is 5.75 Å². The van der Waals surface area contributed by atoms with Crippen molar-refractivity contribution < 1.29 is 9.53 Å². The number of ketones is 1. The summed E-state index contributed by atoms with van der Waals surface area (Å²) in [6.07, 6.45) is 4.08. The van der Waals surface area contributed by atoms with Crippen LogP contribution in [0.4, 0.5) is 0 Å². The molecule has 0 unspecified atom stereocenters. The van der Waals surface area contributed by atoms with Crippen LogP contribution in [0, 0.1) is 0 Å². The quantitative estimate of drug-likeness (QED) is 0.380. The summed E-state index contributed by atoms with van der Waals surface area (Å²) in [5, 5.41) is 0.602. The third-order valence-electron chi connectivity index (χ3n) is 5.54. The third kappa shape index (κ3) is 3.48. The summed E-state index contributed by atoms with van der Waals surface area (Å²) >= 11 is 10.2. The Morgan fingerprint density at radius 3 is 2.45 bits per heavy atom. The van der Waals surface area contributed by atoms with Crippen LogP contribution in [-0.2, 0) is 4.79 Å². The fourth-order valence-corrected chi connectivity index (χ4v) is 4.73. The van der Waals surface area contributed by atoms with Gasteiger partial charge in [0.1, 0.15) is 5.75 Å². The predicted molar refractivity (Wildman–Crippen MR) is 131 cm³/mol. The Hall–Kier alpha value is -2.88. The van der Waals surface area contributed by atoms with Crippen molar-refractivity contribution >= 4 is 56.1 Å². The summed E-state index contributed by atoms with van der Waals surface area (Å²) in [7, 11) is 0. The number of hydrogen-bond donors (Lipinski definition) is 0. The number of Topliss-reactive ketones (excluding diaryl/α,β-unsaturated/α-hetero) is 1. The number of benzene rings is 3. The number of fused-ring (bicyclic) bond motifs is 3. The molecule has 0 amide bonds. The van der Waals surface area contributed by atoms with Gasteiger partial charge in [0.2, 0.25) is 0 Å². The van der Waals surface area contributed by atoms with Gasteiger partial charge in [-0.1, -0.05) is 63.9 Å². The van der Waals surface area contributed by atoms with Crippen molar-refractivity contribution in [2.24, 2.45) is 0 Å². The largest absolute Gasteiger partial charge is 0.494 e. The van der Waals surface area contributed by atoms with E-state index in [1.807, 2.05) is 73.7 Å². The normalized spacial score (nSPS) is 14.7. The van der Waals surface area contributed by atoms with Crippen LogP contribution < -0.4 is 4.74 Å². The minimum absolute atomic E-state index is 0.00361. The maximum absolute atomic E-state index is 13.8. The molecule has 2 nitrogen and oxygen atoms in total. The van der Waals surface area contributed by atoms with E-state index in [4.69, 9.17) is 16.3 Å². The first-order chi connectivity index (χ1) is 15.1. The van der Waals surface area contributed by atoms with Crippen molar-refractivity contribution in [2.45, 2.75) is 6.92 Å². The molecule has 0 N–H and O–H groups in total. The van der Waals surface area contributed by atoms with Crippen molar-refractivity contribution in [3.63, 3.8) is 0 Å². The van der Waals surface area contributed by atoms with Gasteiger partial charge in [-0.05, 0) is 77.2 Å². The van der Waals surface area contributed by atoms with E-state index in [-0.39, 0.29) is 5.78 Å². The molecule has 0 saturated carbocycles. The molecule has 0 spiro atoms. The first kappa shape index (κ1) is 20.0. The Labute approximate surface area is 194 Å². The summed E-state index contributed by atoms with van der Waals surface area (Å²) < 4.78 is 6.49. The van der Waals surface area contributed by atoms with Gasteiger partial charge in [0, 0.05) is 26.2 Å². The topological polar surface area (TPSA) is 26.3 Å². The molecule has 0 aliphatic heterocycles. The lowest BCUT2D eigenvalue weighted by molar-refractivity contribution is -0.110. The van der Waals surface area contributed by atoms with E-state index in [1.165, 1.54) is 0 Å². The lowest BCUT2D eigenvalue weighted by Crippen LogP contribution is -2.12. The Balaban J connectivity index is 1.76. The standard InChI is InChI=1S/C27H18BrClO2/c1-2-31-19-10-7-16(8-11-19)26-23(22-14-18(28)9-12-25(22)29)15-21-20-6-4-3-5-17(20)13-24(21)27(26)30/h3-15H,2H2,1H3. The summed E-state index contributed by atoms with van der Waals surface area (Å²) in [4.78, 5) is 13.8. The molecule has 3 aromatic carbocycles. The molecule has 4 heteroatoms. The summed E-state index contributed by atoms with van der Waals surface area (Å²) in [5.41, 5.74) is 6.93. The van der Waals surface area contributed by atoms with E-state index in [2.05, 4.69) is 28.1 Å². The second-order valence-corrected chi connectivity index (χ2v) is 8.73. The molecule has 31 heavy (non-hydrogen) atoms. The highest BCUT2D eigenvalue weighted by atomic mass is 79.9. The number of carbonyl (C=O) groups is 1. The summed E-state index contributed by atoms with van der Waals surface area (Å²) in [6.45, 7) is 2.54. The minimum Gasteiger partial charge on any atom is -0.494 e. The van der Waals surface area contributed by atoms with Crippen LogP contribution in [0.5, 0.6) is 5.75 Å². The van der Waals surface area contributed by atoms with E-state index in [0.717, 1.165) is 49.2 Å². The zero-order valence-electron chi connectivity index (χ0n) is 16.8. The zero-order valence-corrected chi connectivity index (χ0v) is 19.1. The third-order valence-corrected chi connectivity index (χ3v) is 6.37. The average molecular weight is 490 g/mol. The Morgan fingerprint density at radius 2 is 1.68 bits per heavy atom. The molecule has 0 heterocycles. The van der Waals surface area contributed by atoms with Crippen molar-refractivity contribution in [1.29, 1.82) is 0 Å². The molecule has 0 radical (unpaired) electrons. The van der Waals surface area contributed by atoms with E-state index >= 15 is 0 Å². The van der Waals surface area contributed by atoms with Gasteiger partial charge < -0.3 is 4.74 Å². The summed E-state index contributed by atoms with van der Waals surface area (Å²) in [6, 6.07) is 21.5. The smallest absolute Gasteiger partial charge is 0.194 e. The van der Waals surface area contributed by atoms with Crippen LogP contribution in [0.1, 0.15) is 29.2 Å². The van der Waals surface area contributed by atoms with Gasteiger partial charge in [-0.25, -0.2) is 0 Å². The summed E-state index contributed by atoms with van der Waals surface area (Å²) in [5.74, 6) is 0.782. The van der Waals surface area contributed by atoms with E-state index in [9.17, 15) is 4.79 Å². The van der Waals surface area contributed by atoms with Crippen LogP contribution in [0.25, 0.3) is 22.8 Å². The fraction of sp³-hybridized carbons (Fsp3) is 0.0741. The molecule has 152 valence electrons. The Bertz CT molecular complexity index is 1310. The van der Waals surface area contributed by atoms with E-state index in [0.29, 0.717) is 17.2 Å². The molecule has 2 aliphatic rings. The van der Waals surface area contributed by atoms with Gasteiger partial charge in [0.15, 0.2) is 5.78 Å². The molecule has 3 aromatic rings. The number of allylic oxidation sites excluding steroid dienone is 5. The van der Waals surface area contributed by atoms with Crippen molar-refractivity contribution in [1.82, 2.24) is 0 Å². The molecule has 2 aliphatic carbocycles. The lowest BCUT2D eigenvalue weighted by atomic mass is 9.81. The second kappa shape index (κ2) is 7.99. The van der Waals surface area contributed by atoms with E-state index < -0.39 is 0 Å². The number of rotatable bonds is 4. The molecular formula is C27H18BrClO2. The maximum Gasteiger partial charge on any atom is 0.194 e. The fourth-order valence-electron chi connectivity index (χ4n) is 4.15. The van der Waals surface area contributed by atoms with Crippen molar-refractivity contribution in [2.75, 3.05) is 6.61 Å². The minimum atomic E-state index is 0.00361. The van der Waals surface area contributed by atoms with Gasteiger partial charge in [0.05, 0.1) is 6.61 Å². The Kier molecular flexibility index (Phi) is 5.17. The lowest BCUT2D eigenvalue weighted by Gasteiger charge is -2.21. The number of hydrogen-bond acceptors (Lipinski definition) is 2. The van der Waals surface area contributed by atoms with Crippen LogP contribution in [0.3, 0.4) is 0 Å². The number of ether oxygens (including phenoxy) is 1. The molecule has 0 atom stereocenters. The SMILES string of the molecule is CCOc1ccc(C2=C(c3cc(Br)ccc3Cl)C=C3C(=Cc4ccccc43)C2=O)cc1. The highest BCUT2D eigenvalue weighted by molar-refractivity contribution is 9.10. The van der Waals surface area contributed by atoms with E-state index in [1.54, 1.807) is 0 Å². The highest BCUT2D eigenvalue weighted by Gasteiger charge is 2.33. The zero-order chi connectivity index (χ0) is 21.5. The number of halogens is 2. The first-order valence-electron chi connectivity index (χ1n) is 10.1. The van der Waals surface area contributed by atoms with Gasteiger partial charge in [-0.2, -0.15) is 0 Å². The molecule has 5 rings (SSSR count). The Morgan fingerprint density at radius 1 is 0.903 bits per heavy atom. The van der Waals surface area contributed by atoms with Gasteiger partial charge in [0.25, 0.3) is 0 Å². The van der Waals surface area contributed by atoms with Gasteiger partial charge in [-0.15, -0.1) is 0 Å². The second-order valence-electron chi connectivity index (χ2n) is 7.40. The average Bonchev–Trinajstić information content (AvgIpc) is 3.16. The van der Waals surface area contributed by atoms with Crippen LogP contribution in [-0.4, -0.2) is 12.4 Å². The number of carbonyl (C=O) groups excluding carboxylic acids is 1. The van der Waals surface area contributed by atoms with Gasteiger partial charge >= 0.3 is 0 Å². The van der Waals surface area contributed by atoms with Crippen LogP contribution in [0.15, 0.2) is 82.9 Å². The monoisotopic (exact) mass is 488 g/mol. The van der Waals surface area contributed by atoms with Gasteiger partial charge in [-0.3, -0.25) is 4.79 Å². The molecule has 0 fully saturated rings. The molecule has 0 saturated heterocycles. The molecule has 0 bridgehead atoms. The predicted octanol–water partition coefficient (Wildman–Crippen LogP) is 7.48.